The molecular formula is C19H20BrN3O. The van der Waals surface area contributed by atoms with Gasteiger partial charge in [0.2, 0.25) is 5.91 Å². The SMILES string of the molecule is CC(C)[C@H](NC(=O)Cc1ccc(Br)cc1)c1nc2ccccc2[nH]1. The summed E-state index contributed by atoms with van der Waals surface area (Å²) in [5, 5.41) is 3.11. The lowest BCUT2D eigenvalue weighted by atomic mass is 10.0. The fourth-order valence-electron chi connectivity index (χ4n) is 2.68. The van der Waals surface area contributed by atoms with Crippen LogP contribution in [0.5, 0.6) is 0 Å². The summed E-state index contributed by atoms with van der Waals surface area (Å²) in [6.07, 6.45) is 0.358. The number of H-pyrrole nitrogens is 1. The van der Waals surface area contributed by atoms with Crippen LogP contribution in [0.15, 0.2) is 53.0 Å². The molecule has 1 amide bonds. The molecule has 4 nitrogen and oxygen atoms in total. The lowest BCUT2D eigenvalue weighted by Crippen LogP contribution is -2.33. The van der Waals surface area contributed by atoms with Gasteiger partial charge in [0.25, 0.3) is 0 Å². The Morgan fingerprint density at radius 2 is 1.88 bits per heavy atom. The molecule has 2 aromatic carbocycles. The van der Waals surface area contributed by atoms with Gasteiger partial charge in [-0.05, 0) is 35.7 Å². The molecule has 0 aliphatic rings. The van der Waals surface area contributed by atoms with E-state index in [1.54, 1.807) is 0 Å². The van der Waals surface area contributed by atoms with Crippen molar-refractivity contribution >= 4 is 32.9 Å². The molecule has 2 N–H and O–H groups in total. The average Bonchev–Trinajstić information content (AvgIpc) is 2.98. The number of nitrogens with one attached hydrogen (secondary N) is 2. The smallest absolute Gasteiger partial charge is 0.225 e. The van der Waals surface area contributed by atoms with Gasteiger partial charge in [-0.25, -0.2) is 4.98 Å². The predicted octanol–water partition coefficient (Wildman–Crippen LogP) is 4.38. The van der Waals surface area contributed by atoms with E-state index < -0.39 is 0 Å². The number of fused-ring (bicyclic) bond motifs is 1. The first-order chi connectivity index (χ1) is 11.5. The molecule has 1 heterocycles. The quantitative estimate of drug-likeness (QED) is 0.684. The van der Waals surface area contributed by atoms with Crippen LogP contribution in [0.3, 0.4) is 0 Å². The van der Waals surface area contributed by atoms with Crippen LogP contribution in [0.25, 0.3) is 11.0 Å². The summed E-state index contributed by atoms with van der Waals surface area (Å²) in [6.45, 7) is 4.16. The number of benzene rings is 2. The zero-order chi connectivity index (χ0) is 17.1. The van der Waals surface area contributed by atoms with Crippen molar-refractivity contribution in [2.75, 3.05) is 0 Å². The van der Waals surface area contributed by atoms with E-state index in [0.29, 0.717) is 6.42 Å². The monoisotopic (exact) mass is 385 g/mol. The lowest BCUT2D eigenvalue weighted by molar-refractivity contribution is -0.121. The summed E-state index contributed by atoms with van der Waals surface area (Å²) in [5.41, 5.74) is 2.89. The average molecular weight is 386 g/mol. The first-order valence-electron chi connectivity index (χ1n) is 8.01. The van der Waals surface area contributed by atoms with Crippen LogP contribution < -0.4 is 5.32 Å². The highest BCUT2D eigenvalue weighted by Gasteiger charge is 2.21. The molecule has 124 valence electrons. The van der Waals surface area contributed by atoms with Gasteiger partial charge in [-0.15, -0.1) is 0 Å². The van der Waals surface area contributed by atoms with Crippen LogP contribution in [0.4, 0.5) is 0 Å². The Bertz CT molecular complexity index is 806. The molecule has 0 saturated heterocycles. The van der Waals surface area contributed by atoms with E-state index in [4.69, 9.17) is 0 Å². The Morgan fingerprint density at radius 3 is 2.54 bits per heavy atom. The van der Waals surface area contributed by atoms with E-state index in [0.717, 1.165) is 26.9 Å². The Kier molecular flexibility index (Phi) is 5.00. The maximum absolute atomic E-state index is 12.4. The van der Waals surface area contributed by atoms with Gasteiger partial charge < -0.3 is 10.3 Å². The minimum Gasteiger partial charge on any atom is -0.346 e. The van der Waals surface area contributed by atoms with Gasteiger partial charge in [0.05, 0.1) is 23.5 Å². The number of hydrogen-bond donors (Lipinski definition) is 2. The topological polar surface area (TPSA) is 57.8 Å². The van der Waals surface area contributed by atoms with Crippen molar-refractivity contribution in [1.82, 2.24) is 15.3 Å². The molecule has 1 atom stereocenters. The highest BCUT2D eigenvalue weighted by atomic mass is 79.9. The van der Waals surface area contributed by atoms with Gasteiger partial charge >= 0.3 is 0 Å². The largest absolute Gasteiger partial charge is 0.346 e. The van der Waals surface area contributed by atoms with Gasteiger partial charge in [0.15, 0.2) is 0 Å². The van der Waals surface area contributed by atoms with Crippen molar-refractivity contribution in [1.29, 1.82) is 0 Å². The number of aromatic amines is 1. The maximum Gasteiger partial charge on any atom is 0.225 e. The Hall–Kier alpha value is -2.14. The van der Waals surface area contributed by atoms with Crippen molar-refractivity contribution in [2.24, 2.45) is 5.92 Å². The zero-order valence-electron chi connectivity index (χ0n) is 13.7. The van der Waals surface area contributed by atoms with E-state index >= 15 is 0 Å². The van der Waals surface area contributed by atoms with Gasteiger partial charge in [-0.2, -0.15) is 0 Å². The third-order valence-corrected chi connectivity index (χ3v) is 4.49. The molecule has 3 rings (SSSR count). The minimum atomic E-state index is -0.139. The molecule has 0 aliphatic carbocycles. The molecule has 24 heavy (non-hydrogen) atoms. The minimum absolute atomic E-state index is 0.00326. The number of rotatable bonds is 5. The standard InChI is InChI=1S/C19H20BrN3O/c1-12(2)18(19-21-15-5-3-4-6-16(15)22-19)23-17(24)11-13-7-9-14(20)10-8-13/h3-10,12,18H,11H2,1-2H3,(H,21,22)(H,23,24)/t18-/m0/s1. The van der Waals surface area contributed by atoms with Crippen molar-refractivity contribution in [3.05, 3.63) is 64.4 Å². The number of hydrogen-bond acceptors (Lipinski definition) is 2. The van der Waals surface area contributed by atoms with Crippen molar-refractivity contribution < 1.29 is 4.79 Å². The molecule has 5 heteroatoms. The molecule has 0 aliphatic heterocycles. The van der Waals surface area contributed by atoms with Gasteiger partial charge in [0, 0.05) is 4.47 Å². The summed E-state index contributed by atoms with van der Waals surface area (Å²) < 4.78 is 1.01. The molecule has 0 spiro atoms. The first-order valence-corrected chi connectivity index (χ1v) is 8.80. The number of amides is 1. The third kappa shape index (κ3) is 3.85. The molecule has 0 bridgehead atoms. The number of carbonyl (C=O) groups is 1. The summed E-state index contributed by atoms with van der Waals surface area (Å²) in [6, 6.07) is 15.6. The van der Waals surface area contributed by atoms with Crippen molar-refractivity contribution in [3.63, 3.8) is 0 Å². The lowest BCUT2D eigenvalue weighted by Gasteiger charge is -2.20. The number of para-hydroxylation sites is 2. The van der Waals surface area contributed by atoms with Crippen molar-refractivity contribution in [2.45, 2.75) is 26.3 Å². The number of imidazole rings is 1. The van der Waals surface area contributed by atoms with Crippen LogP contribution in [0, 0.1) is 5.92 Å². The van der Waals surface area contributed by atoms with Crippen LogP contribution in [-0.4, -0.2) is 15.9 Å². The summed E-state index contributed by atoms with van der Waals surface area (Å²) >= 11 is 3.41. The fraction of sp³-hybridized carbons (Fsp3) is 0.263. The zero-order valence-corrected chi connectivity index (χ0v) is 15.3. The molecule has 0 saturated carbocycles. The molecule has 0 radical (unpaired) electrons. The predicted molar refractivity (Wildman–Crippen MR) is 99.7 cm³/mol. The third-order valence-electron chi connectivity index (χ3n) is 3.96. The number of nitrogens with zero attached hydrogens (tertiary/aromatic N) is 1. The highest BCUT2D eigenvalue weighted by molar-refractivity contribution is 9.10. The fourth-order valence-corrected chi connectivity index (χ4v) is 2.95. The molecular weight excluding hydrogens is 366 g/mol. The van der Waals surface area contributed by atoms with Gasteiger partial charge in [-0.3, -0.25) is 4.79 Å². The van der Waals surface area contributed by atoms with E-state index in [1.165, 1.54) is 0 Å². The highest BCUT2D eigenvalue weighted by Crippen LogP contribution is 2.22. The van der Waals surface area contributed by atoms with Crippen LogP contribution in [0.1, 0.15) is 31.3 Å². The second-order valence-electron chi connectivity index (χ2n) is 6.23. The summed E-state index contributed by atoms with van der Waals surface area (Å²) in [4.78, 5) is 20.4. The van der Waals surface area contributed by atoms with Crippen LogP contribution in [-0.2, 0) is 11.2 Å². The Labute approximate surface area is 149 Å². The second kappa shape index (κ2) is 7.18. The normalized spacial score (nSPS) is 12.5. The molecule has 0 fully saturated rings. The maximum atomic E-state index is 12.4. The number of carbonyl (C=O) groups excluding carboxylic acids is 1. The molecule has 1 aromatic heterocycles. The van der Waals surface area contributed by atoms with E-state index in [9.17, 15) is 4.79 Å². The van der Waals surface area contributed by atoms with E-state index in [-0.39, 0.29) is 17.9 Å². The van der Waals surface area contributed by atoms with Crippen molar-refractivity contribution in [3.8, 4) is 0 Å². The molecule has 0 unspecified atom stereocenters. The Morgan fingerprint density at radius 1 is 1.17 bits per heavy atom. The number of aromatic nitrogens is 2. The number of halogens is 1. The van der Waals surface area contributed by atoms with E-state index in [2.05, 4.69) is 45.1 Å². The van der Waals surface area contributed by atoms with E-state index in [1.807, 2.05) is 48.5 Å². The molecule has 3 aromatic rings. The summed E-state index contributed by atoms with van der Waals surface area (Å²) in [5.74, 6) is 1.03. The van der Waals surface area contributed by atoms with Crippen LogP contribution in [0.2, 0.25) is 0 Å². The van der Waals surface area contributed by atoms with Gasteiger partial charge in [0.1, 0.15) is 5.82 Å². The first kappa shape index (κ1) is 16.7. The Balaban J connectivity index is 1.76. The van der Waals surface area contributed by atoms with Gasteiger partial charge in [-0.1, -0.05) is 54.0 Å². The summed E-state index contributed by atoms with van der Waals surface area (Å²) in [7, 11) is 0. The second-order valence-corrected chi connectivity index (χ2v) is 7.15. The van der Waals surface area contributed by atoms with Crippen LogP contribution >= 0.6 is 15.9 Å².